The molecule has 2 aliphatic heterocycles. The number of pyridine rings is 1. The van der Waals surface area contributed by atoms with Gasteiger partial charge >= 0.3 is 5.97 Å². The van der Waals surface area contributed by atoms with E-state index < -0.39 is 23.4 Å². The molecule has 1 aromatic heterocycles. The van der Waals surface area contributed by atoms with Crippen molar-refractivity contribution in [3.63, 3.8) is 0 Å². The van der Waals surface area contributed by atoms with Gasteiger partial charge in [0.05, 0.1) is 32.3 Å². The van der Waals surface area contributed by atoms with Gasteiger partial charge in [0.15, 0.2) is 17.5 Å². The van der Waals surface area contributed by atoms with E-state index in [1.165, 1.54) is 11.1 Å². The van der Waals surface area contributed by atoms with Crippen LogP contribution in [0.4, 0.5) is 18.9 Å². The molecule has 8 nitrogen and oxygen atoms in total. The van der Waals surface area contributed by atoms with Gasteiger partial charge in [-0.15, -0.1) is 0 Å². The number of nitrogens with zero attached hydrogens (tertiary/aromatic N) is 3. The summed E-state index contributed by atoms with van der Waals surface area (Å²) in [5, 5.41) is 13.9. The Kier molecular flexibility index (Phi) is 10.6. The molecule has 238 valence electrons. The number of aliphatic carboxylic acids is 1. The maximum Gasteiger partial charge on any atom is 0.303 e. The highest BCUT2D eigenvalue weighted by molar-refractivity contribution is 5.84. The third kappa shape index (κ3) is 7.99. The van der Waals surface area contributed by atoms with Gasteiger partial charge in [0.1, 0.15) is 5.75 Å². The number of likely N-dealkylation sites (tertiary alicyclic amines) is 1. The van der Waals surface area contributed by atoms with Crippen LogP contribution in [0, 0.1) is 22.9 Å². The van der Waals surface area contributed by atoms with Crippen LogP contribution in [0.15, 0.2) is 36.5 Å². The molecule has 0 saturated carbocycles. The van der Waals surface area contributed by atoms with Gasteiger partial charge in [0.2, 0.25) is 0 Å². The van der Waals surface area contributed by atoms with E-state index in [1.54, 1.807) is 7.11 Å². The van der Waals surface area contributed by atoms with Crippen LogP contribution in [-0.2, 0) is 22.5 Å². The summed E-state index contributed by atoms with van der Waals surface area (Å²) in [6.45, 7) is 6.51. The summed E-state index contributed by atoms with van der Waals surface area (Å²) >= 11 is 0. The van der Waals surface area contributed by atoms with E-state index in [9.17, 15) is 23.1 Å². The molecule has 2 fully saturated rings. The lowest BCUT2D eigenvalue weighted by Crippen LogP contribution is -2.43. The van der Waals surface area contributed by atoms with Crippen LogP contribution in [0.1, 0.15) is 43.2 Å². The monoisotopic (exact) mass is 614 g/mol. The zero-order valence-electron chi connectivity index (χ0n) is 25.2. The molecular weight excluding hydrogens is 573 g/mol. The predicted molar refractivity (Wildman–Crippen MR) is 162 cm³/mol. The number of carboxylic acids is 1. The Morgan fingerprint density at radius 3 is 2.48 bits per heavy atom. The minimum Gasteiger partial charge on any atom is -0.497 e. The lowest BCUT2D eigenvalue weighted by atomic mass is 9.72. The van der Waals surface area contributed by atoms with Crippen molar-refractivity contribution in [2.24, 2.45) is 5.41 Å². The molecule has 0 spiro atoms. The molecule has 0 atom stereocenters. The second-order valence-corrected chi connectivity index (χ2v) is 12.0. The number of piperidine rings is 1. The Labute approximate surface area is 256 Å². The van der Waals surface area contributed by atoms with Crippen LogP contribution >= 0.6 is 0 Å². The smallest absolute Gasteiger partial charge is 0.303 e. The Morgan fingerprint density at radius 2 is 1.80 bits per heavy atom. The van der Waals surface area contributed by atoms with Crippen molar-refractivity contribution in [3.8, 4) is 5.75 Å². The third-order valence-corrected chi connectivity index (χ3v) is 9.09. The summed E-state index contributed by atoms with van der Waals surface area (Å²) < 4.78 is 51.4. The number of hydrogen-bond acceptors (Lipinski definition) is 7. The maximum absolute atomic E-state index is 13.5. The molecule has 3 heterocycles. The summed E-state index contributed by atoms with van der Waals surface area (Å²) in [5.74, 6) is -3.94. The van der Waals surface area contributed by atoms with E-state index >= 15 is 0 Å². The lowest BCUT2D eigenvalue weighted by molar-refractivity contribution is -0.140. The molecule has 3 aromatic rings. The maximum atomic E-state index is 13.5. The molecule has 44 heavy (non-hydrogen) atoms. The number of methoxy groups -OCH3 is 1. The van der Waals surface area contributed by atoms with Gasteiger partial charge in [-0.1, -0.05) is 0 Å². The Morgan fingerprint density at radius 1 is 1.07 bits per heavy atom. The summed E-state index contributed by atoms with van der Waals surface area (Å²) in [5.41, 5.74) is 3.23. The summed E-state index contributed by atoms with van der Waals surface area (Å²) in [6.07, 6.45) is 6.07. The van der Waals surface area contributed by atoms with Crippen LogP contribution < -0.4 is 10.1 Å². The highest BCUT2D eigenvalue weighted by atomic mass is 19.2. The minimum atomic E-state index is -1.48. The van der Waals surface area contributed by atoms with Gasteiger partial charge in [-0.2, -0.15) is 0 Å². The predicted octanol–water partition coefficient (Wildman–Crippen LogP) is 5.48. The molecule has 5 rings (SSSR count). The highest BCUT2D eigenvalue weighted by Crippen LogP contribution is 2.40. The first kappa shape index (κ1) is 32.0. The molecule has 0 radical (unpaired) electrons. The summed E-state index contributed by atoms with van der Waals surface area (Å²) in [4.78, 5) is 21.3. The number of rotatable bonds is 13. The number of carboxylic acid groups (broad SMARTS) is 1. The number of fused-ring (bicyclic) bond motifs is 1. The molecule has 2 saturated heterocycles. The lowest BCUT2D eigenvalue weighted by Gasteiger charge is -2.41. The number of aromatic nitrogens is 1. The first-order valence-corrected chi connectivity index (χ1v) is 15.3. The number of morpholine rings is 1. The molecule has 11 heteroatoms. The SMILES string of the molecule is COc1ccc2ncc(CN3CCOCC3)c(CCCC3(CC(=O)O)CCN(CCNc4cc(F)c(F)c(F)c4)CC3)c2c1. The Balaban J connectivity index is 1.22. The molecule has 2 aliphatic rings. The highest BCUT2D eigenvalue weighted by Gasteiger charge is 2.36. The average Bonchev–Trinajstić information content (AvgIpc) is 3.01. The number of anilines is 1. The van der Waals surface area contributed by atoms with E-state index in [2.05, 4.69) is 21.2 Å². The number of halogens is 3. The van der Waals surface area contributed by atoms with Crippen molar-refractivity contribution >= 4 is 22.6 Å². The Bertz CT molecular complexity index is 1420. The molecular formula is C33H41F3N4O4. The van der Waals surface area contributed by atoms with Crippen LogP contribution in [0.3, 0.4) is 0 Å². The molecule has 2 aromatic carbocycles. The number of carbonyl (C=O) groups is 1. The van der Waals surface area contributed by atoms with E-state index in [-0.39, 0.29) is 17.5 Å². The van der Waals surface area contributed by atoms with Gasteiger partial charge in [0, 0.05) is 62.1 Å². The standard InChI is InChI=1S/C33H41F3N4O4/c1-43-25-4-5-30-27(19-25)26(23(21-38-30)22-40-13-15-44-16-14-40)3-2-6-33(20-31(41)42)7-10-39(11-8-33)12-9-37-24-17-28(34)32(36)29(35)18-24/h4-5,17-19,21,37H,2-3,6-16,20,22H2,1H3,(H,41,42). The van der Waals surface area contributed by atoms with Crippen LogP contribution in [-0.4, -0.2) is 85.5 Å². The average molecular weight is 615 g/mol. The quantitative estimate of drug-likeness (QED) is 0.245. The number of aryl methyl sites for hydroxylation is 1. The van der Waals surface area contributed by atoms with Gasteiger partial charge in [-0.3, -0.25) is 14.7 Å². The summed E-state index contributed by atoms with van der Waals surface area (Å²) in [7, 11) is 1.66. The van der Waals surface area contributed by atoms with Crippen LogP contribution in [0.2, 0.25) is 0 Å². The van der Waals surface area contributed by atoms with E-state index in [4.69, 9.17) is 14.5 Å². The largest absolute Gasteiger partial charge is 0.497 e. The van der Waals surface area contributed by atoms with E-state index in [0.29, 0.717) is 13.1 Å². The fourth-order valence-corrected chi connectivity index (χ4v) is 6.57. The second kappa shape index (κ2) is 14.6. The fraction of sp³-hybridized carbons (Fsp3) is 0.515. The number of benzene rings is 2. The first-order chi connectivity index (χ1) is 21.2. The van der Waals surface area contributed by atoms with Gasteiger partial charge < -0.3 is 24.8 Å². The topological polar surface area (TPSA) is 87.2 Å². The van der Waals surface area contributed by atoms with E-state index in [0.717, 1.165) is 107 Å². The van der Waals surface area contributed by atoms with Crippen LogP contribution in [0.5, 0.6) is 5.75 Å². The summed E-state index contributed by atoms with van der Waals surface area (Å²) in [6, 6.07) is 7.84. The van der Waals surface area contributed by atoms with Crippen molar-refractivity contribution < 1.29 is 32.5 Å². The van der Waals surface area contributed by atoms with Gasteiger partial charge in [-0.05, 0) is 79.9 Å². The fourth-order valence-electron chi connectivity index (χ4n) is 6.57. The molecule has 0 aliphatic carbocycles. The molecule has 0 unspecified atom stereocenters. The van der Waals surface area contributed by atoms with Crippen LogP contribution in [0.25, 0.3) is 10.9 Å². The molecule has 0 bridgehead atoms. The molecule has 2 N–H and O–H groups in total. The molecule has 0 amide bonds. The zero-order valence-corrected chi connectivity index (χ0v) is 25.2. The number of nitrogens with one attached hydrogen (secondary N) is 1. The first-order valence-electron chi connectivity index (χ1n) is 15.3. The van der Waals surface area contributed by atoms with Crippen molar-refractivity contribution in [1.29, 1.82) is 0 Å². The van der Waals surface area contributed by atoms with Gasteiger partial charge in [0.25, 0.3) is 0 Å². The van der Waals surface area contributed by atoms with Crippen molar-refractivity contribution in [3.05, 3.63) is 65.1 Å². The van der Waals surface area contributed by atoms with E-state index in [1.807, 2.05) is 18.3 Å². The number of ether oxygens (including phenoxy) is 2. The minimum absolute atomic E-state index is 0.124. The normalized spacial score (nSPS) is 17.5. The van der Waals surface area contributed by atoms with Gasteiger partial charge in [-0.25, -0.2) is 13.2 Å². The van der Waals surface area contributed by atoms with Crippen molar-refractivity contribution in [2.75, 3.05) is 64.9 Å². The third-order valence-electron chi connectivity index (χ3n) is 9.09. The number of hydrogen-bond donors (Lipinski definition) is 2. The van der Waals surface area contributed by atoms with Crippen molar-refractivity contribution in [1.82, 2.24) is 14.8 Å². The Hall–Kier alpha value is -3.41. The van der Waals surface area contributed by atoms with Crippen molar-refractivity contribution in [2.45, 2.75) is 45.1 Å². The zero-order chi connectivity index (χ0) is 31.1. The second-order valence-electron chi connectivity index (χ2n) is 12.0.